The number of hydrogen-bond donors (Lipinski definition) is 0. The first-order valence-electron chi connectivity index (χ1n) is 12.0. The Morgan fingerprint density at radius 2 is 1.47 bits per heavy atom. The first-order chi connectivity index (χ1) is 15.4. The zero-order chi connectivity index (χ0) is 25.6. The monoisotopic (exact) mass is 530 g/mol. The summed E-state index contributed by atoms with van der Waals surface area (Å²) in [5, 5.41) is 0.673. The third-order valence-corrected chi connectivity index (χ3v) is 11.2. The lowest BCUT2D eigenvalue weighted by atomic mass is 10.2. The molecular weight excluding hydrogens is 487 g/mol. The van der Waals surface area contributed by atoms with Crippen molar-refractivity contribution >= 4 is 29.1 Å². The highest BCUT2D eigenvalue weighted by molar-refractivity contribution is 7.72. The van der Waals surface area contributed by atoms with E-state index in [2.05, 4.69) is 39.3 Å². The van der Waals surface area contributed by atoms with Crippen molar-refractivity contribution in [2.75, 3.05) is 13.2 Å². The highest BCUT2D eigenvalue weighted by Gasteiger charge is 2.57. The van der Waals surface area contributed by atoms with Crippen molar-refractivity contribution in [3.05, 3.63) is 30.3 Å². The van der Waals surface area contributed by atoms with Crippen molar-refractivity contribution in [2.45, 2.75) is 102 Å². The summed E-state index contributed by atoms with van der Waals surface area (Å²) in [5.74, 6) is -2.39. The molecule has 0 unspecified atom stereocenters. The van der Waals surface area contributed by atoms with E-state index in [1.54, 1.807) is 0 Å². The molecule has 34 heavy (non-hydrogen) atoms. The molecule has 2 aliphatic heterocycles. The highest BCUT2D eigenvalue weighted by Crippen LogP contribution is 2.61. The van der Waals surface area contributed by atoms with Crippen LogP contribution < -0.4 is 5.30 Å². The van der Waals surface area contributed by atoms with E-state index in [4.69, 9.17) is 27.8 Å². The van der Waals surface area contributed by atoms with Gasteiger partial charge in [0.25, 0.3) is 0 Å². The maximum Gasteiger partial charge on any atom is 0.190 e. The van der Waals surface area contributed by atoms with Gasteiger partial charge in [0, 0.05) is 5.30 Å². The van der Waals surface area contributed by atoms with Gasteiger partial charge in [-0.1, -0.05) is 30.3 Å². The summed E-state index contributed by atoms with van der Waals surface area (Å²) in [6.45, 7) is 20.9. The van der Waals surface area contributed by atoms with Crippen LogP contribution in [0.5, 0.6) is 0 Å². The van der Waals surface area contributed by atoms with E-state index in [0.29, 0.717) is 11.9 Å². The number of benzene rings is 1. The molecule has 2 fully saturated rings. The Labute approximate surface area is 207 Å². The van der Waals surface area contributed by atoms with E-state index >= 15 is 4.57 Å². The third-order valence-electron chi connectivity index (χ3n) is 5.48. The van der Waals surface area contributed by atoms with Crippen LogP contribution in [0.2, 0.25) is 39.3 Å². The minimum absolute atomic E-state index is 0.288. The van der Waals surface area contributed by atoms with Gasteiger partial charge < -0.3 is 32.4 Å². The summed E-state index contributed by atoms with van der Waals surface area (Å²) in [5.41, 5.74) is -0.503. The van der Waals surface area contributed by atoms with Crippen LogP contribution in [0, 0.1) is 0 Å². The van der Waals surface area contributed by atoms with Crippen LogP contribution in [0.4, 0.5) is 0 Å². The molecule has 0 saturated carbocycles. The lowest BCUT2D eigenvalue weighted by molar-refractivity contribution is -0.145. The van der Waals surface area contributed by atoms with Crippen LogP contribution in [-0.2, 0) is 32.4 Å². The van der Waals surface area contributed by atoms with Crippen LogP contribution in [0.1, 0.15) is 27.7 Å². The van der Waals surface area contributed by atoms with Gasteiger partial charge in [-0.3, -0.25) is 0 Å². The van der Waals surface area contributed by atoms with Crippen LogP contribution in [-0.4, -0.2) is 65.3 Å². The van der Waals surface area contributed by atoms with Crippen molar-refractivity contribution in [1.29, 1.82) is 0 Å². The first kappa shape index (κ1) is 28.2. The lowest BCUT2D eigenvalue weighted by Gasteiger charge is -2.42. The second kappa shape index (κ2) is 9.84. The van der Waals surface area contributed by atoms with Crippen molar-refractivity contribution in [3.8, 4) is 0 Å². The fourth-order valence-corrected chi connectivity index (χ4v) is 11.7. The summed E-state index contributed by atoms with van der Waals surface area (Å²) < 4.78 is 53.7. The molecule has 2 heterocycles. The molecule has 0 aliphatic carbocycles. The summed E-state index contributed by atoms with van der Waals surface area (Å²) in [6, 6.07) is 9.50. The van der Waals surface area contributed by atoms with Gasteiger partial charge in [-0.05, 0) is 67.0 Å². The summed E-state index contributed by atoms with van der Waals surface area (Å²) in [7, 11) is -7.91. The predicted molar refractivity (Wildman–Crippen MR) is 140 cm³/mol. The smallest absolute Gasteiger partial charge is 0.190 e. The molecule has 3 rings (SSSR count). The zero-order valence-electron chi connectivity index (χ0n) is 22.4. The Morgan fingerprint density at radius 1 is 0.912 bits per heavy atom. The maximum absolute atomic E-state index is 15.7. The average molecular weight is 531 g/mol. The molecule has 0 radical (unpaired) electrons. The van der Waals surface area contributed by atoms with Gasteiger partial charge in [0.1, 0.15) is 11.9 Å². The van der Waals surface area contributed by atoms with Gasteiger partial charge in [-0.25, -0.2) is 0 Å². The van der Waals surface area contributed by atoms with E-state index in [1.807, 2.05) is 58.0 Å². The maximum atomic E-state index is 15.7. The van der Waals surface area contributed by atoms with Gasteiger partial charge in [0.05, 0.1) is 18.8 Å². The number of rotatable bonds is 9. The molecular formula is C24H43O7PSi2. The Balaban J connectivity index is 2.20. The second-order valence-electron chi connectivity index (χ2n) is 12.2. The summed E-state index contributed by atoms with van der Waals surface area (Å²) in [4.78, 5) is 0. The molecule has 0 spiro atoms. The molecule has 10 heteroatoms. The van der Waals surface area contributed by atoms with Crippen molar-refractivity contribution in [2.24, 2.45) is 0 Å². The summed E-state index contributed by atoms with van der Waals surface area (Å²) >= 11 is 0. The quantitative estimate of drug-likeness (QED) is 0.315. The van der Waals surface area contributed by atoms with Crippen molar-refractivity contribution < 1.29 is 32.4 Å². The molecule has 194 valence electrons. The Kier molecular flexibility index (Phi) is 8.16. The second-order valence-corrected chi connectivity index (χ2v) is 24.1. The summed E-state index contributed by atoms with van der Waals surface area (Å²) in [6.07, 6.45) is -1.30. The van der Waals surface area contributed by atoms with E-state index < -0.39 is 59.2 Å². The Morgan fingerprint density at radius 3 is 1.91 bits per heavy atom. The average Bonchev–Trinajstić information content (AvgIpc) is 3.24. The molecule has 2 saturated heterocycles. The molecule has 0 aromatic heterocycles. The van der Waals surface area contributed by atoms with Gasteiger partial charge in [-0.2, -0.15) is 0 Å². The normalized spacial score (nSPS) is 28.4. The largest absolute Gasteiger partial charge is 0.405 e. The van der Waals surface area contributed by atoms with Crippen molar-refractivity contribution in [1.82, 2.24) is 0 Å². The topological polar surface area (TPSA) is 72.5 Å². The molecule has 1 aromatic carbocycles. The lowest BCUT2D eigenvalue weighted by Crippen LogP contribution is -2.49. The van der Waals surface area contributed by atoms with Gasteiger partial charge in [0.2, 0.25) is 0 Å². The van der Waals surface area contributed by atoms with Gasteiger partial charge in [-0.15, -0.1) is 0 Å². The van der Waals surface area contributed by atoms with E-state index in [-0.39, 0.29) is 6.61 Å². The van der Waals surface area contributed by atoms with Gasteiger partial charge >= 0.3 is 0 Å². The first-order valence-corrected chi connectivity index (χ1v) is 20.7. The fourth-order valence-electron chi connectivity index (χ4n) is 4.20. The molecule has 0 amide bonds. The predicted octanol–water partition coefficient (Wildman–Crippen LogP) is 5.33. The molecule has 1 aromatic rings. The van der Waals surface area contributed by atoms with Crippen LogP contribution >= 0.6 is 7.14 Å². The van der Waals surface area contributed by atoms with Crippen LogP contribution in [0.3, 0.4) is 0 Å². The van der Waals surface area contributed by atoms with Crippen LogP contribution in [0.25, 0.3) is 0 Å². The minimum Gasteiger partial charge on any atom is -0.405 e. The molecule has 7 nitrogen and oxygen atoms in total. The third kappa shape index (κ3) is 6.90. The standard InChI is InChI=1S/C24H43O7PSi2/c1-23(2)17-26-20(29-23)22(31-34(8,9)10)32(25,18-14-12-11-13-15-18)21(30-33(5,6)7)19-16-27-24(3,4)28-19/h11-15,19-22H,16-17H2,1-10H3/t19-,20+,21-,22-,32+/m1/s1. The van der Waals surface area contributed by atoms with Crippen molar-refractivity contribution in [3.63, 3.8) is 0 Å². The fraction of sp³-hybridized carbons (Fsp3) is 0.750. The molecule has 0 bridgehead atoms. The molecule has 2 aliphatic rings. The molecule has 0 N–H and O–H groups in total. The van der Waals surface area contributed by atoms with E-state index in [1.165, 1.54) is 0 Å². The number of ether oxygens (including phenoxy) is 4. The highest BCUT2D eigenvalue weighted by atomic mass is 31.2. The van der Waals surface area contributed by atoms with Gasteiger partial charge in [0.15, 0.2) is 41.7 Å². The van der Waals surface area contributed by atoms with E-state index in [0.717, 1.165) is 0 Å². The zero-order valence-corrected chi connectivity index (χ0v) is 25.3. The Hall–Kier alpha value is -0.356. The molecule has 5 atom stereocenters. The van der Waals surface area contributed by atoms with Crippen LogP contribution in [0.15, 0.2) is 30.3 Å². The number of hydrogen-bond acceptors (Lipinski definition) is 7. The van der Waals surface area contributed by atoms with E-state index in [9.17, 15) is 0 Å². The SMILES string of the molecule is CC1(C)CO[C@H]([C@H](O[Si](C)(C)C)[P@](=O)(c2ccccc2)[C@@H](O[Si](C)(C)C)[C@H]2COC(C)(C)O2)O1. The minimum atomic E-state index is -3.53. The Bertz CT molecular complexity index is 830.